The van der Waals surface area contributed by atoms with Crippen LogP contribution in [0.1, 0.15) is 5.56 Å². The van der Waals surface area contributed by atoms with Crippen LogP contribution in [0.2, 0.25) is 0 Å². The quantitative estimate of drug-likeness (QED) is 0.453. The Hall–Kier alpha value is -0.554. The summed E-state index contributed by atoms with van der Waals surface area (Å²) in [4.78, 5) is 0. The van der Waals surface area contributed by atoms with E-state index >= 15 is 0 Å². The van der Waals surface area contributed by atoms with Gasteiger partial charge in [-0.25, -0.2) is 0 Å². The van der Waals surface area contributed by atoms with Crippen molar-refractivity contribution >= 4 is 45.5 Å². The molecule has 0 radical (unpaired) electrons. The Balaban J connectivity index is 0.00000144. The SMILES string of the molecule is Cl/C(=N\[N-]c1ccccc1)c1ccccc1.[Br-].[Mg+2]. The Morgan fingerprint density at radius 2 is 1.39 bits per heavy atom. The van der Waals surface area contributed by atoms with E-state index in [0.717, 1.165) is 11.3 Å². The number of nitrogens with zero attached hydrogens (tertiary/aromatic N) is 2. The van der Waals surface area contributed by atoms with Crippen molar-refractivity contribution in [1.29, 1.82) is 0 Å². The second kappa shape index (κ2) is 9.39. The van der Waals surface area contributed by atoms with Crippen molar-refractivity contribution in [2.75, 3.05) is 0 Å². The average molecular weight is 334 g/mol. The van der Waals surface area contributed by atoms with Crippen LogP contribution in [0.4, 0.5) is 5.69 Å². The maximum absolute atomic E-state index is 6.01. The van der Waals surface area contributed by atoms with Crippen LogP contribution < -0.4 is 17.0 Å². The van der Waals surface area contributed by atoms with Gasteiger partial charge in [-0.05, 0) is 0 Å². The topological polar surface area (TPSA) is 26.5 Å². The number of rotatable bonds is 3. The first-order valence-electron chi connectivity index (χ1n) is 4.91. The van der Waals surface area contributed by atoms with E-state index in [-0.39, 0.29) is 40.0 Å². The molecule has 0 spiro atoms. The fraction of sp³-hybridized carbons (Fsp3) is 0. The van der Waals surface area contributed by atoms with Gasteiger partial charge < -0.3 is 27.5 Å². The molecule has 0 unspecified atom stereocenters. The third kappa shape index (κ3) is 5.39. The molecule has 0 aliphatic carbocycles. The smallest absolute Gasteiger partial charge is 1.00 e. The summed E-state index contributed by atoms with van der Waals surface area (Å²) in [5.74, 6) is 0. The zero-order valence-electron chi connectivity index (χ0n) is 9.63. The molecule has 5 heteroatoms. The molecular formula is C13H10BrClMgN2. The van der Waals surface area contributed by atoms with Crippen LogP contribution in [-0.2, 0) is 0 Å². The van der Waals surface area contributed by atoms with Gasteiger partial charge >= 0.3 is 23.1 Å². The van der Waals surface area contributed by atoms with Gasteiger partial charge in [0.2, 0.25) is 0 Å². The van der Waals surface area contributed by atoms with E-state index in [1.54, 1.807) is 0 Å². The van der Waals surface area contributed by atoms with Gasteiger partial charge in [-0.3, -0.25) is 0 Å². The Labute approximate surface area is 138 Å². The first kappa shape index (κ1) is 17.4. The molecule has 0 heterocycles. The van der Waals surface area contributed by atoms with E-state index < -0.39 is 0 Å². The van der Waals surface area contributed by atoms with Crippen LogP contribution in [-0.4, -0.2) is 28.2 Å². The fourth-order valence-corrected chi connectivity index (χ4v) is 1.39. The summed E-state index contributed by atoms with van der Waals surface area (Å²) in [5, 5.41) is 4.36. The average Bonchev–Trinajstić information content (AvgIpc) is 2.38. The molecule has 88 valence electrons. The Kier molecular flexibility index (Phi) is 9.10. The summed E-state index contributed by atoms with van der Waals surface area (Å²) < 4.78 is 0. The third-order valence-electron chi connectivity index (χ3n) is 2.02. The molecule has 2 nitrogen and oxygen atoms in total. The fourth-order valence-electron chi connectivity index (χ4n) is 1.23. The molecule has 0 N–H and O–H groups in total. The van der Waals surface area contributed by atoms with Gasteiger partial charge in [0.15, 0.2) is 0 Å². The molecule has 0 aromatic heterocycles. The van der Waals surface area contributed by atoms with Gasteiger partial charge in [0, 0.05) is 5.56 Å². The minimum absolute atomic E-state index is 0. The predicted molar refractivity (Wildman–Crippen MR) is 74.0 cm³/mol. The summed E-state index contributed by atoms with van der Waals surface area (Å²) >= 11 is 6.01. The summed E-state index contributed by atoms with van der Waals surface area (Å²) in [6.07, 6.45) is 0. The molecule has 0 saturated heterocycles. The van der Waals surface area contributed by atoms with Gasteiger partial charge in [0.05, 0.1) is 0 Å². The van der Waals surface area contributed by atoms with Crippen molar-refractivity contribution in [3.8, 4) is 0 Å². The Morgan fingerprint density at radius 1 is 0.889 bits per heavy atom. The maximum atomic E-state index is 6.01. The molecule has 2 aromatic rings. The zero-order valence-corrected chi connectivity index (χ0v) is 13.4. The van der Waals surface area contributed by atoms with Crippen LogP contribution in [0, 0.1) is 0 Å². The van der Waals surface area contributed by atoms with Gasteiger partial charge in [-0.2, -0.15) is 0 Å². The van der Waals surface area contributed by atoms with Crippen molar-refractivity contribution < 1.29 is 17.0 Å². The summed E-state index contributed by atoms with van der Waals surface area (Å²) in [5.41, 5.74) is 5.69. The number of benzene rings is 2. The first-order chi connectivity index (χ1) is 7.86. The predicted octanol–water partition coefficient (Wildman–Crippen LogP) is 0.916. The minimum Gasteiger partial charge on any atom is -1.00 e. The van der Waals surface area contributed by atoms with E-state index in [9.17, 15) is 0 Å². The van der Waals surface area contributed by atoms with E-state index in [4.69, 9.17) is 11.6 Å². The van der Waals surface area contributed by atoms with Crippen LogP contribution in [0.25, 0.3) is 5.43 Å². The van der Waals surface area contributed by atoms with Crippen molar-refractivity contribution in [3.63, 3.8) is 0 Å². The van der Waals surface area contributed by atoms with Crippen molar-refractivity contribution in [2.24, 2.45) is 5.10 Å². The van der Waals surface area contributed by atoms with Gasteiger partial charge in [-0.15, -0.1) is 5.69 Å². The Bertz CT molecular complexity index is 477. The molecule has 0 bridgehead atoms. The minimum atomic E-state index is 0. The molecule has 2 rings (SSSR count). The van der Waals surface area contributed by atoms with Crippen LogP contribution in [0.5, 0.6) is 0 Å². The van der Waals surface area contributed by atoms with Gasteiger partial charge in [0.1, 0.15) is 5.17 Å². The monoisotopic (exact) mass is 332 g/mol. The van der Waals surface area contributed by atoms with Crippen LogP contribution >= 0.6 is 11.6 Å². The van der Waals surface area contributed by atoms with Gasteiger partial charge in [-0.1, -0.05) is 72.3 Å². The molecule has 18 heavy (non-hydrogen) atoms. The molecule has 0 aliphatic rings. The first-order valence-corrected chi connectivity index (χ1v) is 5.29. The molecule has 0 fully saturated rings. The van der Waals surface area contributed by atoms with E-state index in [1.807, 2.05) is 60.7 Å². The largest absolute Gasteiger partial charge is 2.00 e. The standard InChI is InChI=1S/C13H10ClN2.BrH.Mg/c14-13(11-7-3-1-4-8-11)16-15-12-9-5-2-6-10-12;;/h1-10H;1H;/q-1;;+2/p-1/b16-13-;;. The molecule has 0 amide bonds. The molecule has 0 saturated carbocycles. The molecular weight excluding hydrogens is 324 g/mol. The van der Waals surface area contributed by atoms with Crippen LogP contribution in [0.3, 0.4) is 0 Å². The number of hydrogen-bond acceptors (Lipinski definition) is 1. The summed E-state index contributed by atoms with van der Waals surface area (Å²) in [6.45, 7) is 0. The Morgan fingerprint density at radius 3 is 1.94 bits per heavy atom. The van der Waals surface area contributed by atoms with E-state index in [2.05, 4.69) is 10.5 Å². The van der Waals surface area contributed by atoms with E-state index in [1.165, 1.54) is 0 Å². The van der Waals surface area contributed by atoms with E-state index in [0.29, 0.717) is 5.17 Å². The second-order valence-corrected chi connectivity index (χ2v) is 3.55. The normalized spacial score (nSPS) is 9.94. The van der Waals surface area contributed by atoms with Crippen molar-refractivity contribution in [1.82, 2.24) is 0 Å². The summed E-state index contributed by atoms with van der Waals surface area (Å²) in [7, 11) is 0. The number of hydrogen-bond donors (Lipinski definition) is 0. The van der Waals surface area contributed by atoms with Gasteiger partial charge in [0.25, 0.3) is 0 Å². The number of halogens is 2. The van der Waals surface area contributed by atoms with Crippen LogP contribution in [0.15, 0.2) is 65.8 Å². The molecule has 0 atom stereocenters. The molecule has 0 aliphatic heterocycles. The maximum Gasteiger partial charge on any atom is 2.00 e. The zero-order chi connectivity index (χ0) is 11.2. The second-order valence-electron chi connectivity index (χ2n) is 3.19. The van der Waals surface area contributed by atoms with Crippen molar-refractivity contribution in [2.45, 2.75) is 0 Å². The third-order valence-corrected chi connectivity index (χ3v) is 2.32. The molecule has 2 aromatic carbocycles. The van der Waals surface area contributed by atoms with Crippen molar-refractivity contribution in [3.05, 3.63) is 71.7 Å². The summed E-state index contributed by atoms with van der Waals surface area (Å²) in [6, 6.07) is 19.0.